The first kappa shape index (κ1) is 16.5. The van der Waals surface area contributed by atoms with Crippen molar-refractivity contribution in [3.05, 3.63) is 33.3 Å². The van der Waals surface area contributed by atoms with E-state index in [9.17, 15) is 17.2 Å². The first-order valence-electron chi connectivity index (χ1n) is 7.31. The summed E-state index contributed by atoms with van der Waals surface area (Å²) in [6.07, 6.45) is 5.29. The molecule has 0 radical (unpaired) electrons. The third kappa shape index (κ3) is 3.46. The van der Waals surface area contributed by atoms with Gasteiger partial charge < -0.3 is 0 Å². The van der Waals surface area contributed by atoms with Crippen LogP contribution in [0.2, 0.25) is 0 Å². The molecule has 0 unspecified atom stereocenters. The normalized spacial score (nSPS) is 15.1. The zero-order chi connectivity index (χ0) is 16.6. The van der Waals surface area contributed by atoms with Gasteiger partial charge in [-0.05, 0) is 44.2 Å². The monoisotopic (exact) mass is 361 g/mol. The number of fused-ring (bicyclic) bond motifs is 1. The van der Waals surface area contributed by atoms with E-state index in [-0.39, 0.29) is 17.1 Å². The summed E-state index contributed by atoms with van der Waals surface area (Å²) in [5.41, 5.74) is 1.36. The van der Waals surface area contributed by atoms with Crippen LogP contribution >= 0.6 is 11.3 Å². The Labute approximate surface area is 137 Å². The molecule has 2 aromatic heterocycles. The van der Waals surface area contributed by atoms with Crippen LogP contribution < -0.4 is 4.72 Å². The van der Waals surface area contributed by atoms with Crippen molar-refractivity contribution in [2.45, 2.75) is 50.6 Å². The lowest BCUT2D eigenvalue weighted by molar-refractivity contribution is 0.0561. The Morgan fingerprint density at radius 1 is 1.39 bits per heavy atom. The molecule has 0 atom stereocenters. The predicted octanol–water partition coefficient (Wildman–Crippen LogP) is 3.01. The Kier molecular flexibility index (Phi) is 4.52. The molecular formula is C14H17F2N3O2S2. The van der Waals surface area contributed by atoms with Crippen LogP contribution in [0.5, 0.6) is 0 Å². The zero-order valence-corrected chi connectivity index (χ0v) is 14.2. The summed E-state index contributed by atoms with van der Waals surface area (Å²) in [7, 11) is -3.86. The molecule has 0 bridgehead atoms. The van der Waals surface area contributed by atoms with Crippen LogP contribution in [0.1, 0.15) is 40.4 Å². The number of hydrogen-bond acceptors (Lipinski definition) is 4. The summed E-state index contributed by atoms with van der Waals surface area (Å²) in [5.74, 6) is 0. The Bertz CT molecular complexity index is 789. The zero-order valence-electron chi connectivity index (χ0n) is 12.6. The number of rotatable bonds is 5. The molecule has 1 aliphatic rings. The average Bonchev–Trinajstić information content (AvgIpc) is 3.08. The van der Waals surface area contributed by atoms with Gasteiger partial charge in [0.1, 0.15) is 4.90 Å². The maximum absolute atomic E-state index is 12.6. The van der Waals surface area contributed by atoms with E-state index in [4.69, 9.17) is 0 Å². The summed E-state index contributed by atoms with van der Waals surface area (Å²) in [6, 6.07) is 2.04. The van der Waals surface area contributed by atoms with Crippen molar-refractivity contribution in [3.8, 4) is 0 Å². The highest BCUT2D eigenvalue weighted by Crippen LogP contribution is 2.29. The maximum Gasteiger partial charge on any atom is 0.333 e. The van der Waals surface area contributed by atoms with E-state index in [0.29, 0.717) is 4.68 Å². The number of aryl methyl sites for hydroxylation is 3. The molecule has 1 aliphatic carbocycles. The van der Waals surface area contributed by atoms with Gasteiger partial charge in [0.2, 0.25) is 10.0 Å². The molecule has 0 aromatic carbocycles. The van der Waals surface area contributed by atoms with Gasteiger partial charge in [0.25, 0.3) is 0 Å². The van der Waals surface area contributed by atoms with Crippen LogP contribution in [-0.2, 0) is 29.4 Å². The molecule has 0 aliphatic heterocycles. The van der Waals surface area contributed by atoms with Gasteiger partial charge in [0.05, 0.1) is 11.9 Å². The van der Waals surface area contributed by atoms with Gasteiger partial charge >= 0.3 is 6.55 Å². The smallest absolute Gasteiger partial charge is 0.210 e. The summed E-state index contributed by atoms with van der Waals surface area (Å²) in [5, 5.41) is 3.53. The van der Waals surface area contributed by atoms with Gasteiger partial charge in [-0.15, -0.1) is 11.3 Å². The third-order valence-corrected chi connectivity index (χ3v) is 6.59. The molecule has 3 rings (SSSR count). The Morgan fingerprint density at radius 3 is 2.78 bits per heavy atom. The van der Waals surface area contributed by atoms with Crippen molar-refractivity contribution >= 4 is 21.4 Å². The molecule has 0 spiro atoms. The lowest BCUT2D eigenvalue weighted by atomic mass is 9.99. The van der Waals surface area contributed by atoms with Crippen LogP contribution in [0.4, 0.5) is 8.78 Å². The lowest BCUT2D eigenvalue weighted by Gasteiger charge is -2.08. The fourth-order valence-electron chi connectivity index (χ4n) is 2.71. The van der Waals surface area contributed by atoms with Crippen LogP contribution in [0.15, 0.2) is 17.2 Å². The second-order valence-electron chi connectivity index (χ2n) is 5.53. The number of halogens is 2. The first-order valence-corrected chi connectivity index (χ1v) is 9.61. The topological polar surface area (TPSA) is 64.0 Å². The van der Waals surface area contributed by atoms with E-state index < -0.39 is 16.6 Å². The van der Waals surface area contributed by atoms with Gasteiger partial charge in [-0.1, -0.05) is 0 Å². The number of aromatic nitrogens is 2. The lowest BCUT2D eigenvalue weighted by Crippen LogP contribution is -2.23. The first-order chi connectivity index (χ1) is 10.9. The minimum atomic E-state index is -3.86. The number of thiophene rings is 1. The quantitative estimate of drug-likeness (QED) is 0.890. The van der Waals surface area contributed by atoms with Crippen LogP contribution in [-0.4, -0.2) is 18.2 Å². The molecule has 0 fully saturated rings. The fourth-order valence-corrected chi connectivity index (χ4v) is 5.18. The molecule has 5 nitrogen and oxygen atoms in total. The van der Waals surface area contributed by atoms with E-state index in [1.165, 1.54) is 30.2 Å². The second kappa shape index (κ2) is 6.29. The minimum Gasteiger partial charge on any atom is -0.210 e. The highest BCUT2D eigenvalue weighted by Gasteiger charge is 2.23. The predicted molar refractivity (Wildman–Crippen MR) is 83.2 cm³/mol. The van der Waals surface area contributed by atoms with E-state index in [1.54, 1.807) is 11.3 Å². The average molecular weight is 361 g/mol. The molecular weight excluding hydrogens is 344 g/mol. The second-order valence-corrected chi connectivity index (χ2v) is 8.49. The third-order valence-electron chi connectivity index (χ3n) is 3.85. The Balaban J connectivity index is 1.75. The van der Waals surface area contributed by atoms with E-state index >= 15 is 0 Å². The molecule has 2 aromatic rings. The molecule has 2 heterocycles. The largest absolute Gasteiger partial charge is 0.333 e. The number of nitrogens with zero attached hydrogens (tertiary/aromatic N) is 2. The molecule has 9 heteroatoms. The molecule has 0 saturated heterocycles. The maximum atomic E-state index is 12.6. The highest BCUT2D eigenvalue weighted by atomic mass is 32.2. The number of alkyl halides is 2. The van der Waals surface area contributed by atoms with Gasteiger partial charge in [0, 0.05) is 16.3 Å². The summed E-state index contributed by atoms with van der Waals surface area (Å²) < 4.78 is 52.7. The van der Waals surface area contributed by atoms with Crippen molar-refractivity contribution in [1.29, 1.82) is 0 Å². The highest BCUT2D eigenvalue weighted by molar-refractivity contribution is 7.89. The van der Waals surface area contributed by atoms with E-state index in [2.05, 4.69) is 9.82 Å². The van der Waals surface area contributed by atoms with E-state index in [1.807, 2.05) is 6.07 Å². The summed E-state index contributed by atoms with van der Waals surface area (Å²) in [6.45, 7) is -1.29. The van der Waals surface area contributed by atoms with Crippen molar-refractivity contribution in [2.75, 3.05) is 0 Å². The molecule has 0 saturated carbocycles. The van der Waals surface area contributed by atoms with Crippen LogP contribution in [0.3, 0.4) is 0 Å². The van der Waals surface area contributed by atoms with Gasteiger partial charge in [0.15, 0.2) is 0 Å². The van der Waals surface area contributed by atoms with Crippen LogP contribution in [0.25, 0.3) is 0 Å². The van der Waals surface area contributed by atoms with Gasteiger partial charge in [-0.25, -0.2) is 17.8 Å². The SMILES string of the molecule is Cc1nn(C(F)F)cc1S(=O)(=O)NCc1cc2c(s1)CCCC2. The minimum absolute atomic E-state index is 0.0586. The van der Waals surface area contributed by atoms with Gasteiger partial charge in [-0.2, -0.15) is 13.9 Å². The number of hydrogen-bond donors (Lipinski definition) is 1. The number of nitrogens with one attached hydrogen (secondary N) is 1. The Hall–Kier alpha value is -1.32. The standard InChI is InChI=1S/C14H17F2N3O2S2/c1-9-13(8-19(18-9)14(15)16)23(20,21)17-7-11-6-10-4-2-3-5-12(10)22-11/h6,8,14,17H,2-5,7H2,1H3. The molecule has 0 amide bonds. The van der Waals surface area contributed by atoms with E-state index in [0.717, 1.165) is 23.9 Å². The van der Waals surface area contributed by atoms with Crippen molar-refractivity contribution in [3.63, 3.8) is 0 Å². The molecule has 23 heavy (non-hydrogen) atoms. The fraction of sp³-hybridized carbons (Fsp3) is 0.500. The van der Waals surface area contributed by atoms with Crippen molar-refractivity contribution in [1.82, 2.24) is 14.5 Å². The van der Waals surface area contributed by atoms with Crippen molar-refractivity contribution in [2.24, 2.45) is 0 Å². The van der Waals surface area contributed by atoms with Crippen LogP contribution in [0, 0.1) is 6.92 Å². The number of sulfonamides is 1. The summed E-state index contributed by atoms with van der Waals surface area (Å²) in [4.78, 5) is 2.06. The van der Waals surface area contributed by atoms with Gasteiger partial charge in [-0.3, -0.25) is 0 Å². The molecule has 1 N–H and O–H groups in total. The molecule has 126 valence electrons. The van der Waals surface area contributed by atoms with Crippen molar-refractivity contribution < 1.29 is 17.2 Å². The Morgan fingerprint density at radius 2 is 2.13 bits per heavy atom. The summed E-state index contributed by atoms with van der Waals surface area (Å²) >= 11 is 1.62.